The van der Waals surface area contributed by atoms with E-state index in [1.54, 1.807) is 18.7 Å². The van der Waals surface area contributed by atoms with Crippen LogP contribution in [0.4, 0.5) is 13.6 Å². The van der Waals surface area contributed by atoms with Gasteiger partial charge in [0, 0.05) is 31.8 Å². The predicted octanol–water partition coefficient (Wildman–Crippen LogP) is 3.14. The molecule has 274 valence electrons. The molecule has 1 unspecified atom stereocenters. The zero-order valence-corrected chi connectivity index (χ0v) is 29.4. The lowest BCUT2D eigenvalue weighted by atomic mass is 9.97. The lowest BCUT2D eigenvalue weighted by Gasteiger charge is -2.32. The van der Waals surface area contributed by atoms with E-state index in [1.165, 1.54) is 11.0 Å². The number of benzene rings is 1. The number of alkyl halides is 2. The molecule has 2 saturated carbocycles. The summed E-state index contributed by atoms with van der Waals surface area (Å²) >= 11 is 0. The van der Waals surface area contributed by atoms with Gasteiger partial charge >= 0.3 is 6.09 Å². The number of hydrogen-bond donors (Lipinski definition) is 3. The number of rotatable bonds is 7. The molecule has 1 aromatic carbocycles. The highest BCUT2D eigenvalue weighted by Crippen LogP contribution is 2.45. The van der Waals surface area contributed by atoms with Crippen LogP contribution in [-0.2, 0) is 48.7 Å². The zero-order chi connectivity index (χ0) is 36.0. The number of amides is 4. The van der Waals surface area contributed by atoms with E-state index < -0.39 is 87.1 Å². The Morgan fingerprint density at radius 3 is 2.54 bits per heavy atom. The smallest absolute Gasteiger partial charge is 0.410 e. The molecule has 3 heterocycles. The van der Waals surface area contributed by atoms with Gasteiger partial charge < -0.3 is 15.0 Å². The summed E-state index contributed by atoms with van der Waals surface area (Å²) in [7, 11) is -3.92. The summed E-state index contributed by atoms with van der Waals surface area (Å²) in [6.07, 6.45) is 2.83. The van der Waals surface area contributed by atoms with Crippen molar-refractivity contribution in [2.45, 2.75) is 120 Å². The third-order valence-corrected chi connectivity index (χ3v) is 12.5. The Morgan fingerprint density at radius 1 is 1.12 bits per heavy atom. The summed E-state index contributed by atoms with van der Waals surface area (Å²) < 4.78 is 63.4. The normalized spacial score (nSPS) is 30.2. The third-order valence-electron chi connectivity index (χ3n) is 10.7. The van der Waals surface area contributed by atoms with Crippen LogP contribution >= 0.6 is 0 Å². The van der Waals surface area contributed by atoms with Crippen molar-refractivity contribution in [1.82, 2.24) is 25.2 Å². The van der Waals surface area contributed by atoms with Gasteiger partial charge in [0.15, 0.2) is 0 Å². The summed E-state index contributed by atoms with van der Waals surface area (Å²) in [5.74, 6) is -6.30. The summed E-state index contributed by atoms with van der Waals surface area (Å²) in [5.41, 5.74) is 1.48. The number of ether oxygens (including phenoxy) is 1. The molecule has 3 fully saturated rings. The maximum atomic E-state index is 15.1. The van der Waals surface area contributed by atoms with E-state index in [1.807, 2.05) is 18.2 Å². The summed E-state index contributed by atoms with van der Waals surface area (Å²) in [6, 6.07) is 3.56. The molecule has 6 rings (SSSR count). The van der Waals surface area contributed by atoms with E-state index in [0.717, 1.165) is 23.1 Å². The summed E-state index contributed by atoms with van der Waals surface area (Å²) in [4.78, 5) is 57.8. The van der Waals surface area contributed by atoms with Gasteiger partial charge in [-0.2, -0.15) is 0 Å². The van der Waals surface area contributed by atoms with Crippen LogP contribution in [0.5, 0.6) is 0 Å². The zero-order valence-electron chi connectivity index (χ0n) is 28.6. The maximum Gasteiger partial charge on any atom is 0.410 e. The van der Waals surface area contributed by atoms with Crippen molar-refractivity contribution in [1.29, 1.82) is 0 Å². The van der Waals surface area contributed by atoms with E-state index in [-0.39, 0.29) is 25.8 Å². The molecule has 0 spiro atoms. The van der Waals surface area contributed by atoms with Crippen LogP contribution in [0.2, 0.25) is 0 Å². The molecule has 0 radical (unpaired) electrons. The number of halogens is 2. The van der Waals surface area contributed by atoms with Crippen molar-refractivity contribution in [2.24, 2.45) is 11.8 Å². The maximum absolute atomic E-state index is 15.1. The molecule has 3 N–H and O–H groups in total. The van der Waals surface area contributed by atoms with Gasteiger partial charge in [-0.25, -0.2) is 22.0 Å². The Balaban J connectivity index is 1.26. The van der Waals surface area contributed by atoms with Gasteiger partial charge in [0.05, 0.1) is 24.4 Å². The number of carbonyl (C=O) groups excluding carboxylic acids is 4. The number of hydrogen-bond acceptors (Lipinski definition) is 8. The number of nitrogens with zero attached hydrogens (tertiary/aromatic N) is 2. The van der Waals surface area contributed by atoms with Crippen LogP contribution in [0.15, 0.2) is 30.9 Å². The summed E-state index contributed by atoms with van der Waals surface area (Å²) in [6.45, 7) is 6.90. The molecular formula is C35H47F2N5O7S. The van der Waals surface area contributed by atoms with Gasteiger partial charge in [0.1, 0.15) is 17.7 Å². The third kappa shape index (κ3) is 7.53. The molecular weight excluding hydrogens is 672 g/mol. The number of nitrogens with one attached hydrogen (secondary N) is 3. The van der Waals surface area contributed by atoms with Crippen molar-refractivity contribution < 1.29 is 41.1 Å². The van der Waals surface area contributed by atoms with Gasteiger partial charge in [-0.3, -0.25) is 29.3 Å². The lowest BCUT2D eigenvalue weighted by Crippen LogP contribution is -2.59. The molecule has 1 aromatic rings. The van der Waals surface area contributed by atoms with Gasteiger partial charge in [0.2, 0.25) is 21.8 Å². The topological polar surface area (TPSA) is 154 Å². The van der Waals surface area contributed by atoms with Crippen molar-refractivity contribution in [3.63, 3.8) is 0 Å². The largest absolute Gasteiger partial charge is 0.444 e. The van der Waals surface area contributed by atoms with Crippen LogP contribution in [0.1, 0.15) is 81.9 Å². The van der Waals surface area contributed by atoms with Gasteiger partial charge in [-0.15, -0.1) is 6.58 Å². The van der Waals surface area contributed by atoms with Crippen LogP contribution in [0.25, 0.3) is 0 Å². The standard InChI is InChI=1S/C35H47F2N5O7S/c1-4-24-16-35(24,32(45)40-50(47,48)26-12-13-26)39-30(43)28-15-25-18-42(28)31(44)29(21(2)3)38-20-34(36,37)14-7-5-6-9-22-10-8-11-23-17-41(19-27(22)23)33(46)49-25/h4,8,10-11,21,24-26,28-29,38H,1,5-7,9,12-20H2,2-3H3,(H,39,43)(H,40,45)/t24-,25-,28?,29+,35-/m1/s1. The minimum Gasteiger partial charge on any atom is -0.444 e. The minimum absolute atomic E-state index is 0.104. The highest BCUT2D eigenvalue weighted by Gasteiger charge is 2.62. The second-order valence-electron chi connectivity index (χ2n) is 14.9. The van der Waals surface area contributed by atoms with E-state index in [0.29, 0.717) is 45.2 Å². The van der Waals surface area contributed by atoms with E-state index >= 15 is 8.78 Å². The monoisotopic (exact) mass is 719 g/mol. The minimum atomic E-state index is -3.92. The number of sulfonamides is 1. The molecule has 3 aliphatic heterocycles. The fourth-order valence-electron chi connectivity index (χ4n) is 7.48. The molecule has 1 saturated heterocycles. The molecule has 2 aliphatic carbocycles. The predicted molar refractivity (Wildman–Crippen MR) is 179 cm³/mol. The Morgan fingerprint density at radius 2 is 1.86 bits per heavy atom. The van der Waals surface area contributed by atoms with Gasteiger partial charge in [0.25, 0.3) is 11.8 Å². The molecule has 12 nitrogen and oxygen atoms in total. The van der Waals surface area contributed by atoms with Crippen LogP contribution in [-0.4, -0.2) is 90.0 Å². The number of aryl methyl sites for hydroxylation is 1. The van der Waals surface area contributed by atoms with Gasteiger partial charge in [-0.05, 0) is 61.1 Å². The second-order valence-corrected chi connectivity index (χ2v) is 16.8. The average molecular weight is 720 g/mol. The molecule has 0 aromatic heterocycles. The van der Waals surface area contributed by atoms with E-state index in [4.69, 9.17) is 4.74 Å². The first-order valence-corrected chi connectivity index (χ1v) is 19.2. The van der Waals surface area contributed by atoms with Crippen LogP contribution in [0, 0.1) is 11.8 Å². The molecule has 4 bridgehead atoms. The quantitative estimate of drug-likeness (QED) is 0.364. The molecule has 5 atom stereocenters. The fraction of sp³-hybridized carbons (Fsp3) is 0.657. The molecule has 15 heteroatoms. The van der Waals surface area contributed by atoms with Crippen LogP contribution < -0.4 is 15.4 Å². The van der Waals surface area contributed by atoms with Crippen molar-refractivity contribution in [3.05, 3.63) is 47.5 Å². The summed E-state index contributed by atoms with van der Waals surface area (Å²) in [5, 5.41) is 4.80. The highest BCUT2D eigenvalue weighted by molar-refractivity contribution is 7.91. The van der Waals surface area contributed by atoms with Gasteiger partial charge in [-0.1, -0.05) is 44.5 Å². The second kappa shape index (κ2) is 13.9. The molecule has 4 amide bonds. The van der Waals surface area contributed by atoms with Crippen molar-refractivity contribution in [3.8, 4) is 0 Å². The Bertz CT molecular complexity index is 1650. The SMILES string of the molecule is C=C[C@@H]1C[C@]1(NC(=O)C1C[C@@H]2CN1C(=O)[C@H](C(C)C)NCC(F)(F)CCCCCc1cccc3c1CN(C3)C(=O)O2)C(=O)NS(=O)(=O)C1CC1. The van der Waals surface area contributed by atoms with E-state index in [9.17, 15) is 27.6 Å². The van der Waals surface area contributed by atoms with E-state index in [2.05, 4.69) is 21.9 Å². The Labute approximate surface area is 291 Å². The lowest BCUT2D eigenvalue weighted by molar-refractivity contribution is -0.142. The first-order valence-electron chi connectivity index (χ1n) is 17.6. The number of carbonyl (C=O) groups is 4. The first kappa shape index (κ1) is 36.2. The van der Waals surface area contributed by atoms with Crippen LogP contribution in [0.3, 0.4) is 0 Å². The molecule has 5 aliphatic rings. The van der Waals surface area contributed by atoms with Crippen molar-refractivity contribution >= 4 is 33.8 Å². The number of fused-ring (bicyclic) bond motifs is 3. The highest BCUT2D eigenvalue weighted by atomic mass is 32.2. The first-order chi connectivity index (χ1) is 23.6. The Kier molecular flexibility index (Phi) is 10.0. The average Bonchev–Trinajstić information content (AvgIpc) is 3.94. The Hall–Kier alpha value is -3.59. The fourth-order valence-corrected chi connectivity index (χ4v) is 8.84. The van der Waals surface area contributed by atoms with Crippen molar-refractivity contribution in [2.75, 3.05) is 13.1 Å². The molecule has 50 heavy (non-hydrogen) atoms.